The first kappa shape index (κ1) is 20.2. The summed E-state index contributed by atoms with van der Waals surface area (Å²) in [6.07, 6.45) is 1.54. The van der Waals surface area contributed by atoms with E-state index in [1.165, 1.54) is 23.5 Å². The Hall–Kier alpha value is -3.09. The molecule has 30 heavy (non-hydrogen) atoms. The summed E-state index contributed by atoms with van der Waals surface area (Å²) in [5.74, 6) is -0.000510. The van der Waals surface area contributed by atoms with Crippen LogP contribution in [0, 0.1) is 0 Å². The van der Waals surface area contributed by atoms with Gasteiger partial charge in [0.15, 0.2) is 5.16 Å². The molecule has 0 aliphatic heterocycles. The van der Waals surface area contributed by atoms with Crippen molar-refractivity contribution in [2.75, 3.05) is 5.75 Å². The number of halogens is 1. The first-order chi connectivity index (χ1) is 14.7. The van der Waals surface area contributed by atoms with Crippen LogP contribution in [0.4, 0.5) is 0 Å². The first-order valence-corrected chi connectivity index (χ1v) is 10.8. The van der Waals surface area contributed by atoms with Crippen molar-refractivity contribution in [1.82, 2.24) is 15.0 Å². The van der Waals surface area contributed by atoms with E-state index >= 15 is 0 Å². The first-order valence-electron chi connectivity index (χ1n) is 9.39. The summed E-state index contributed by atoms with van der Waals surface area (Å²) in [5.41, 5.74) is 6.42. The Kier molecular flexibility index (Phi) is 6.47. The monoisotopic (exact) mass is 434 g/mol. The van der Waals surface area contributed by atoms with Gasteiger partial charge in [0, 0.05) is 10.6 Å². The lowest BCUT2D eigenvalue weighted by Gasteiger charge is -2.09. The standard InChI is InChI=1S/C23H19ClN4OS/c24-19-11-5-4-10-18(19)14-25-27-22(29)16-30-23-26-20-12-6-7-13-21(20)28(23)15-17-8-2-1-3-9-17/h1-14H,15-16H2,(H,27,29). The van der Waals surface area contributed by atoms with Crippen LogP contribution in [-0.2, 0) is 11.3 Å². The number of hydrogen-bond donors (Lipinski definition) is 1. The number of carbonyl (C=O) groups is 1. The van der Waals surface area contributed by atoms with Gasteiger partial charge in [0.05, 0.1) is 29.5 Å². The molecule has 7 heteroatoms. The quantitative estimate of drug-likeness (QED) is 0.253. The van der Waals surface area contributed by atoms with E-state index in [1.807, 2.05) is 60.7 Å². The number of imidazole rings is 1. The van der Waals surface area contributed by atoms with Crippen molar-refractivity contribution in [3.8, 4) is 0 Å². The highest BCUT2D eigenvalue weighted by molar-refractivity contribution is 7.99. The minimum Gasteiger partial charge on any atom is -0.314 e. The van der Waals surface area contributed by atoms with E-state index in [0.717, 1.165) is 21.8 Å². The lowest BCUT2D eigenvalue weighted by molar-refractivity contribution is -0.118. The Morgan fingerprint density at radius 3 is 2.60 bits per heavy atom. The maximum atomic E-state index is 12.3. The van der Waals surface area contributed by atoms with E-state index in [2.05, 4.69) is 27.2 Å². The zero-order valence-electron chi connectivity index (χ0n) is 16.0. The van der Waals surface area contributed by atoms with Crippen LogP contribution in [0.25, 0.3) is 11.0 Å². The van der Waals surface area contributed by atoms with E-state index in [-0.39, 0.29) is 11.7 Å². The summed E-state index contributed by atoms with van der Waals surface area (Å²) in [4.78, 5) is 17.0. The number of benzene rings is 3. The normalized spacial score (nSPS) is 11.2. The highest BCUT2D eigenvalue weighted by Crippen LogP contribution is 2.25. The van der Waals surface area contributed by atoms with Crippen LogP contribution in [0.1, 0.15) is 11.1 Å². The molecular weight excluding hydrogens is 416 g/mol. The second-order valence-corrected chi connectivity index (χ2v) is 7.91. The van der Waals surface area contributed by atoms with Crippen molar-refractivity contribution >= 4 is 46.5 Å². The predicted molar refractivity (Wildman–Crippen MR) is 123 cm³/mol. The highest BCUT2D eigenvalue weighted by atomic mass is 35.5. The van der Waals surface area contributed by atoms with Gasteiger partial charge < -0.3 is 4.57 Å². The number of nitrogens with one attached hydrogen (secondary N) is 1. The fourth-order valence-corrected chi connectivity index (χ4v) is 3.99. The molecule has 4 rings (SSSR count). The van der Waals surface area contributed by atoms with Crippen LogP contribution in [-0.4, -0.2) is 27.4 Å². The maximum Gasteiger partial charge on any atom is 0.250 e. The largest absolute Gasteiger partial charge is 0.314 e. The molecule has 0 atom stereocenters. The van der Waals surface area contributed by atoms with E-state index < -0.39 is 0 Å². The predicted octanol–water partition coefficient (Wildman–Crippen LogP) is 4.98. The average Bonchev–Trinajstić information content (AvgIpc) is 3.12. The second kappa shape index (κ2) is 9.61. The Morgan fingerprint density at radius 1 is 1.03 bits per heavy atom. The van der Waals surface area contributed by atoms with Gasteiger partial charge in [-0.3, -0.25) is 4.79 Å². The number of rotatable bonds is 7. The molecule has 1 heterocycles. The molecular formula is C23H19ClN4OS. The molecule has 0 radical (unpaired) electrons. The SMILES string of the molecule is O=C(CSc1nc2ccccc2n1Cc1ccccc1)NN=Cc1ccccc1Cl. The number of nitrogens with zero attached hydrogens (tertiary/aromatic N) is 3. The third kappa shape index (κ3) is 4.90. The van der Waals surface area contributed by atoms with E-state index in [4.69, 9.17) is 16.6 Å². The molecule has 0 aliphatic rings. The lowest BCUT2D eigenvalue weighted by Crippen LogP contribution is -2.20. The van der Waals surface area contributed by atoms with Crippen LogP contribution in [0.3, 0.4) is 0 Å². The molecule has 0 unspecified atom stereocenters. The molecule has 1 amide bonds. The van der Waals surface area contributed by atoms with Gasteiger partial charge >= 0.3 is 0 Å². The van der Waals surface area contributed by atoms with Crippen LogP contribution < -0.4 is 5.43 Å². The Balaban J connectivity index is 1.45. The molecule has 0 fully saturated rings. The van der Waals surface area contributed by atoms with Crippen molar-refractivity contribution in [2.45, 2.75) is 11.7 Å². The number of fused-ring (bicyclic) bond motifs is 1. The third-order valence-corrected chi connectivity index (χ3v) is 5.75. The van der Waals surface area contributed by atoms with Gasteiger partial charge in [-0.05, 0) is 23.8 Å². The van der Waals surface area contributed by atoms with E-state index in [0.29, 0.717) is 11.6 Å². The van der Waals surface area contributed by atoms with Gasteiger partial charge in [0.25, 0.3) is 5.91 Å². The molecule has 3 aromatic carbocycles. The fraction of sp³-hybridized carbons (Fsp3) is 0.0870. The van der Waals surface area contributed by atoms with Crippen molar-refractivity contribution in [3.63, 3.8) is 0 Å². The van der Waals surface area contributed by atoms with Gasteiger partial charge in [-0.25, -0.2) is 10.4 Å². The third-order valence-electron chi connectivity index (χ3n) is 4.43. The molecule has 0 saturated heterocycles. The number of hydrazone groups is 1. The topological polar surface area (TPSA) is 59.3 Å². The number of aromatic nitrogens is 2. The minimum atomic E-state index is -0.207. The van der Waals surface area contributed by atoms with Crippen molar-refractivity contribution in [3.05, 3.63) is 95.0 Å². The van der Waals surface area contributed by atoms with Crippen LogP contribution in [0.15, 0.2) is 89.1 Å². The summed E-state index contributed by atoms with van der Waals surface area (Å²) < 4.78 is 2.13. The highest BCUT2D eigenvalue weighted by Gasteiger charge is 2.13. The van der Waals surface area contributed by atoms with E-state index in [9.17, 15) is 4.79 Å². The van der Waals surface area contributed by atoms with Gasteiger partial charge in [-0.15, -0.1) is 0 Å². The summed E-state index contributed by atoms with van der Waals surface area (Å²) in [6, 6.07) is 25.5. The Labute approximate surface area is 183 Å². The molecule has 1 N–H and O–H groups in total. The van der Waals surface area contributed by atoms with Crippen LogP contribution in [0.5, 0.6) is 0 Å². The zero-order chi connectivity index (χ0) is 20.8. The maximum absolute atomic E-state index is 12.3. The Morgan fingerprint density at radius 2 is 1.77 bits per heavy atom. The minimum absolute atomic E-state index is 0.206. The molecule has 5 nitrogen and oxygen atoms in total. The number of amides is 1. The molecule has 1 aromatic heterocycles. The van der Waals surface area contributed by atoms with Crippen molar-refractivity contribution in [2.24, 2.45) is 5.10 Å². The second-order valence-electron chi connectivity index (χ2n) is 6.56. The Bertz CT molecular complexity index is 1190. The molecule has 150 valence electrons. The summed E-state index contributed by atoms with van der Waals surface area (Å²) in [6.45, 7) is 0.690. The molecule has 0 aliphatic carbocycles. The van der Waals surface area contributed by atoms with Crippen LogP contribution in [0.2, 0.25) is 5.02 Å². The van der Waals surface area contributed by atoms with Gasteiger partial charge in [0.1, 0.15) is 0 Å². The molecule has 0 spiro atoms. The number of hydrogen-bond acceptors (Lipinski definition) is 4. The number of thioether (sulfide) groups is 1. The summed E-state index contributed by atoms with van der Waals surface area (Å²) in [5, 5.41) is 5.38. The van der Waals surface area contributed by atoms with Gasteiger partial charge in [-0.2, -0.15) is 5.10 Å². The molecule has 0 bridgehead atoms. The number of carbonyl (C=O) groups excluding carboxylic acids is 1. The van der Waals surface area contributed by atoms with Crippen LogP contribution >= 0.6 is 23.4 Å². The lowest BCUT2D eigenvalue weighted by atomic mass is 10.2. The zero-order valence-corrected chi connectivity index (χ0v) is 17.6. The van der Waals surface area contributed by atoms with Crippen molar-refractivity contribution < 1.29 is 4.79 Å². The fourth-order valence-electron chi connectivity index (χ4n) is 3.00. The van der Waals surface area contributed by atoms with Gasteiger partial charge in [0.2, 0.25) is 0 Å². The van der Waals surface area contributed by atoms with E-state index in [1.54, 1.807) is 6.07 Å². The van der Waals surface area contributed by atoms with Crippen molar-refractivity contribution in [1.29, 1.82) is 0 Å². The molecule has 4 aromatic rings. The smallest absolute Gasteiger partial charge is 0.250 e. The summed E-state index contributed by atoms with van der Waals surface area (Å²) in [7, 11) is 0. The molecule has 0 saturated carbocycles. The number of para-hydroxylation sites is 2. The average molecular weight is 435 g/mol. The van der Waals surface area contributed by atoms with Gasteiger partial charge in [-0.1, -0.05) is 84.0 Å². The summed E-state index contributed by atoms with van der Waals surface area (Å²) >= 11 is 7.47.